The van der Waals surface area contributed by atoms with Crippen LogP contribution in [0.2, 0.25) is 0 Å². The molecule has 0 amide bonds. The molecule has 4 heteroatoms. The summed E-state index contributed by atoms with van der Waals surface area (Å²) in [6.45, 7) is 0. The molecule has 0 radical (unpaired) electrons. The zero-order valence-corrected chi connectivity index (χ0v) is 11.8. The van der Waals surface area contributed by atoms with Crippen molar-refractivity contribution in [1.29, 1.82) is 0 Å². The third kappa shape index (κ3) is 4.33. The molecule has 20 heavy (non-hydrogen) atoms. The zero-order chi connectivity index (χ0) is 14.2. The van der Waals surface area contributed by atoms with Gasteiger partial charge in [-0.2, -0.15) is 0 Å². The van der Waals surface area contributed by atoms with Gasteiger partial charge in [-0.3, -0.25) is 16.3 Å². The van der Waals surface area contributed by atoms with Gasteiger partial charge in [0.15, 0.2) is 0 Å². The van der Waals surface area contributed by atoms with Crippen LogP contribution in [0.4, 0.5) is 0 Å². The largest absolute Gasteiger partial charge is 0.497 e. The average Bonchev–Trinajstić information content (AvgIpc) is 2.52. The number of ether oxygens (including phenoxy) is 1. The zero-order valence-electron chi connectivity index (χ0n) is 11.8. The molecule has 0 fully saturated rings. The molecule has 3 N–H and O–H groups in total. The lowest BCUT2D eigenvalue weighted by molar-refractivity contribution is 0.413. The van der Waals surface area contributed by atoms with E-state index in [4.69, 9.17) is 10.6 Å². The second kappa shape index (κ2) is 7.62. The molecule has 1 heterocycles. The molecule has 1 aromatic carbocycles. The monoisotopic (exact) mass is 271 g/mol. The molecule has 4 nitrogen and oxygen atoms in total. The summed E-state index contributed by atoms with van der Waals surface area (Å²) in [5, 5.41) is 0. The Hall–Kier alpha value is -1.91. The number of hydrogen-bond acceptors (Lipinski definition) is 4. The molecule has 1 aromatic heterocycles. The van der Waals surface area contributed by atoms with Crippen LogP contribution < -0.4 is 16.0 Å². The Kier molecular flexibility index (Phi) is 5.53. The highest BCUT2D eigenvalue weighted by atomic mass is 16.5. The lowest BCUT2D eigenvalue weighted by atomic mass is 10.0. The van der Waals surface area contributed by atoms with Crippen LogP contribution in [-0.4, -0.2) is 18.1 Å². The van der Waals surface area contributed by atoms with E-state index in [0.29, 0.717) is 0 Å². The van der Waals surface area contributed by atoms with Crippen molar-refractivity contribution in [3.05, 3.63) is 59.9 Å². The quantitative estimate of drug-likeness (QED) is 0.598. The first kappa shape index (κ1) is 14.5. The van der Waals surface area contributed by atoms with E-state index in [2.05, 4.69) is 16.5 Å². The van der Waals surface area contributed by atoms with Gasteiger partial charge in [0.05, 0.1) is 7.11 Å². The van der Waals surface area contributed by atoms with Crippen molar-refractivity contribution >= 4 is 0 Å². The van der Waals surface area contributed by atoms with Gasteiger partial charge in [-0.05, 0) is 49.1 Å². The Morgan fingerprint density at radius 2 is 2.15 bits per heavy atom. The van der Waals surface area contributed by atoms with Crippen LogP contribution >= 0.6 is 0 Å². The minimum atomic E-state index is 0.226. The minimum absolute atomic E-state index is 0.226. The summed E-state index contributed by atoms with van der Waals surface area (Å²) in [6.07, 6.45) is 4.56. The number of pyridine rings is 1. The third-order valence-electron chi connectivity index (χ3n) is 3.33. The van der Waals surface area contributed by atoms with Gasteiger partial charge in [0.1, 0.15) is 5.75 Å². The third-order valence-corrected chi connectivity index (χ3v) is 3.33. The summed E-state index contributed by atoms with van der Waals surface area (Å²) in [7, 11) is 1.68. The maximum Gasteiger partial charge on any atom is 0.119 e. The van der Waals surface area contributed by atoms with Gasteiger partial charge < -0.3 is 4.74 Å². The number of nitrogens with two attached hydrogens (primary N) is 1. The Bertz CT molecular complexity index is 516. The summed E-state index contributed by atoms with van der Waals surface area (Å²) in [4.78, 5) is 4.33. The fraction of sp³-hybridized carbons (Fsp3) is 0.312. The van der Waals surface area contributed by atoms with Crippen LogP contribution in [0.5, 0.6) is 5.75 Å². The van der Waals surface area contributed by atoms with Gasteiger partial charge in [0, 0.05) is 17.9 Å². The van der Waals surface area contributed by atoms with Gasteiger partial charge in [-0.15, -0.1) is 0 Å². The normalized spacial score (nSPS) is 12.1. The van der Waals surface area contributed by atoms with Crippen LogP contribution in [0.3, 0.4) is 0 Å². The van der Waals surface area contributed by atoms with Crippen molar-refractivity contribution in [3.63, 3.8) is 0 Å². The van der Waals surface area contributed by atoms with Crippen molar-refractivity contribution in [3.8, 4) is 5.75 Å². The highest BCUT2D eigenvalue weighted by molar-refractivity contribution is 5.29. The molecule has 0 aliphatic heterocycles. The number of aryl methyl sites for hydroxylation is 1. The van der Waals surface area contributed by atoms with Gasteiger partial charge in [-0.25, -0.2) is 0 Å². The highest BCUT2D eigenvalue weighted by Gasteiger charge is 2.09. The van der Waals surface area contributed by atoms with E-state index >= 15 is 0 Å². The molecule has 1 unspecified atom stereocenters. The van der Waals surface area contributed by atoms with Crippen molar-refractivity contribution in [2.45, 2.75) is 25.3 Å². The van der Waals surface area contributed by atoms with Crippen LogP contribution in [0.1, 0.15) is 17.7 Å². The number of hydrogen-bond donors (Lipinski definition) is 2. The Balaban J connectivity index is 1.91. The maximum absolute atomic E-state index is 5.65. The molecule has 0 bridgehead atoms. The number of nitrogens with one attached hydrogen (secondary N) is 1. The molecule has 2 rings (SSSR count). The van der Waals surface area contributed by atoms with E-state index in [1.807, 2.05) is 42.6 Å². The van der Waals surface area contributed by atoms with Gasteiger partial charge in [0.2, 0.25) is 0 Å². The Morgan fingerprint density at radius 1 is 1.25 bits per heavy atom. The van der Waals surface area contributed by atoms with Crippen LogP contribution in [-0.2, 0) is 12.8 Å². The molecule has 0 aliphatic rings. The fourth-order valence-corrected chi connectivity index (χ4v) is 2.20. The molecule has 106 valence electrons. The smallest absolute Gasteiger partial charge is 0.119 e. The van der Waals surface area contributed by atoms with Crippen LogP contribution in [0.15, 0.2) is 48.7 Å². The Morgan fingerprint density at radius 3 is 2.85 bits per heavy atom. The van der Waals surface area contributed by atoms with Crippen molar-refractivity contribution < 1.29 is 4.74 Å². The molecular formula is C16H21N3O. The first-order chi connectivity index (χ1) is 9.81. The van der Waals surface area contributed by atoms with E-state index in [1.54, 1.807) is 7.11 Å². The SMILES string of the molecule is COc1cccc(CC(CCc2ccccn2)NN)c1. The van der Waals surface area contributed by atoms with E-state index in [9.17, 15) is 0 Å². The van der Waals surface area contributed by atoms with Crippen LogP contribution in [0.25, 0.3) is 0 Å². The summed E-state index contributed by atoms with van der Waals surface area (Å²) in [6, 6.07) is 14.3. The lowest BCUT2D eigenvalue weighted by Crippen LogP contribution is -2.37. The van der Waals surface area contributed by atoms with Crippen molar-refractivity contribution in [1.82, 2.24) is 10.4 Å². The highest BCUT2D eigenvalue weighted by Crippen LogP contribution is 2.15. The number of aromatic nitrogens is 1. The van der Waals surface area contributed by atoms with Crippen molar-refractivity contribution in [2.24, 2.45) is 5.84 Å². The van der Waals surface area contributed by atoms with Gasteiger partial charge >= 0.3 is 0 Å². The first-order valence-electron chi connectivity index (χ1n) is 6.81. The van der Waals surface area contributed by atoms with E-state index in [-0.39, 0.29) is 6.04 Å². The number of benzene rings is 1. The molecule has 1 atom stereocenters. The second-order valence-electron chi connectivity index (χ2n) is 4.78. The average molecular weight is 271 g/mol. The predicted molar refractivity (Wildman–Crippen MR) is 80.4 cm³/mol. The summed E-state index contributed by atoms with van der Waals surface area (Å²) in [5.41, 5.74) is 5.20. The number of nitrogens with zero attached hydrogens (tertiary/aromatic N) is 1. The summed E-state index contributed by atoms with van der Waals surface area (Å²) < 4.78 is 5.24. The van der Waals surface area contributed by atoms with Gasteiger partial charge in [0.25, 0.3) is 0 Å². The molecule has 2 aromatic rings. The molecule has 0 saturated carbocycles. The second-order valence-corrected chi connectivity index (χ2v) is 4.78. The van der Waals surface area contributed by atoms with E-state index < -0.39 is 0 Å². The minimum Gasteiger partial charge on any atom is -0.497 e. The van der Waals surface area contributed by atoms with E-state index in [0.717, 1.165) is 30.7 Å². The summed E-state index contributed by atoms with van der Waals surface area (Å²) >= 11 is 0. The van der Waals surface area contributed by atoms with Crippen LogP contribution in [0, 0.1) is 0 Å². The van der Waals surface area contributed by atoms with Crippen molar-refractivity contribution in [2.75, 3.05) is 7.11 Å². The number of hydrazine groups is 1. The molecule has 0 aliphatic carbocycles. The molecule has 0 saturated heterocycles. The standard InChI is InChI=1S/C16H21N3O/c1-20-16-7-4-5-13(12-16)11-15(19-17)9-8-14-6-2-3-10-18-14/h2-7,10,12,15,19H,8-9,11,17H2,1H3. The summed E-state index contributed by atoms with van der Waals surface area (Å²) in [5.74, 6) is 6.53. The molecule has 0 spiro atoms. The lowest BCUT2D eigenvalue weighted by Gasteiger charge is -2.16. The predicted octanol–water partition coefficient (Wildman–Crippen LogP) is 2.10. The number of rotatable bonds is 7. The first-order valence-corrected chi connectivity index (χ1v) is 6.81. The van der Waals surface area contributed by atoms with E-state index in [1.165, 1.54) is 5.56 Å². The fourth-order valence-electron chi connectivity index (χ4n) is 2.20. The Labute approximate surface area is 120 Å². The van der Waals surface area contributed by atoms with Gasteiger partial charge in [-0.1, -0.05) is 18.2 Å². The topological polar surface area (TPSA) is 60.2 Å². The maximum atomic E-state index is 5.65. The molecular weight excluding hydrogens is 250 g/mol. The number of methoxy groups -OCH3 is 1.